The lowest BCUT2D eigenvalue weighted by Gasteiger charge is -2.15. The lowest BCUT2D eigenvalue weighted by Crippen LogP contribution is -2.28. The van der Waals surface area contributed by atoms with Gasteiger partial charge in [0.05, 0.1) is 23.2 Å². The lowest BCUT2D eigenvalue weighted by molar-refractivity contribution is -0.124. The summed E-state index contributed by atoms with van der Waals surface area (Å²) in [5, 5.41) is 7.15. The maximum Gasteiger partial charge on any atom is 0.254 e. The van der Waals surface area contributed by atoms with Crippen molar-refractivity contribution in [1.29, 1.82) is 0 Å². The highest BCUT2D eigenvalue weighted by Gasteiger charge is 2.32. The van der Waals surface area contributed by atoms with Gasteiger partial charge in [0.1, 0.15) is 11.9 Å². The van der Waals surface area contributed by atoms with E-state index in [0.717, 1.165) is 18.5 Å². The highest BCUT2D eigenvalue weighted by Crippen LogP contribution is 2.27. The summed E-state index contributed by atoms with van der Waals surface area (Å²) < 4.78 is 30.2. The SMILES string of the molecule is Cc1cc(NC(=O)[C@@H]2CCCO2)n([C@H]2CCS(=O)(=O)C2)n1. The van der Waals surface area contributed by atoms with Crippen LogP contribution in [0, 0.1) is 6.92 Å². The van der Waals surface area contributed by atoms with E-state index in [4.69, 9.17) is 4.74 Å². The third kappa shape index (κ3) is 3.11. The topological polar surface area (TPSA) is 90.3 Å². The minimum Gasteiger partial charge on any atom is -0.368 e. The number of sulfone groups is 1. The van der Waals surface area contributed by atoms with E-state index in [1.165, 1.54) is 0 Å². The number of hydrogen-bond acceptors (Lipinski definition) is 5. The summed E-state index contributed by atoms with van der Waals surface area (Å²) in [5.74, 6) is 0.622. The number of aromatic nitrogens is 2. The van der Waals surface area contributed by atoms with Gasteiger partial charge in [0.15, 0.2) is 9.84 Å². The van der Waals surface area contributed by atoms with Crippen molar-refractivity contribution >= 4 is 21.6 Å². The summed E-state index contributed by atoms with van der Waals surface area (Å²) in [6, 6.07) is 1.56. The molecule has 2 fully saturated rings. The molecule has 0 aliphatic carbocycles. The molecule has 3 rings (SSSR count). The van der Waals surface area contributed by atoms with Crippen LogP contribution < -0.4 is 5.32 Å². The molecule has 0 spiro atoms. The van der Waals surface area contributed by atoms with Gasteiger partial charge in [-0.25, -0.2) is 13.1 Å². The minimum absolute atomic E-state index is 0.0803. The monoisotopic (exact) mass is 313 g/mol. The summed E-state index contributed by atoms with van der Waals surface area (Å²) in [4.78, 5) is 12.1. The van der Waals surface area contributed by atoms with Gasteiger partial charge in [0.25, 0.3) is 5.91 Å². The highest BCUT2D eigenvalue weighted by molar-refractivity contribution is 7.91. The first-order chi connectivity index (χ1) is 9.94. The molecule has 2 saturated heterocycles. The fourth-order valence-electron chi connectivity index (χ4n) is 2.85. The lowest BCUT2D eigenvalue weighted by atomic mass is 10.2. The van der Waals surface area contributed by atoms with Gasteiger partial charge in [0.2, 0.25) is 0 Å². The molecule has 3 heterocycles. The van der Waals surface area contributed by atoms with E-state index in [1.54, 1.807) is 10.7 Å². The summed E-state index contributed by atoms with van der Waals surface area (Å²) in [6.07, 6.45) is 1.72. The predicted octanol–water partition coefficient (Wildman–Crippen LogP) is 0.669. The van der Waals surface area contributed by atoms with Crippen LogP contribution in [-0.2, 0) is 19.4 Å². The van der Waals surface area contributed by atoms with E-state index in [-0.39, 0.29) is 23.5 Å². The number of hydrogen-bond donors (Lipinski definition) is 1. The van der Waals surface area contributed by atoms with Crippen molar-refractivity contribution in [2.45, 2.75) is 38.3 Å². The molecule has 0 radical (unpaired) electrons. The quantitative estimate of drug-likeness (QED) is 0.885. The average Bonchev–Trinajstić information content (AvgIpc) is 3.09. The molecule has 116 valence electrons. The van der Waals surface area contributed by atoms with E-state index in [2.05, 4.69) is 10.4 Å². The van der Waals surface area contributed by atoms with Crippen molar-refractivity contribution in [3.05, 3.63) is 11.8 Å². The second-order valence-corrected chi connectivity index (χ2v) is 7.89. The number of nitrogens with zero attached hydrogens (tertiary/aromatic N) is 2. The molecule has 1 aromatic heterocycles. The maximum atomic E-state index is 12.1. The molecule has 2 aliphatic rings. The van der Waals surface area contributed by atoms with Gasteiger partial charge in [-0.2, -0.15) is 5.10 Å². The third-order valence-electron chi connectivity index (χ3n) is 3.89. The maximum absolute atomic E-state index is 12.1. The van der Waals surface area contributed by atoms with E-state index in [0.29, 0.717) is 18.8 Å². The van der Waals surface area contributed by atoms with Gasteiger partial charge < -0.3 is 10.1 Å². The zero-order valence-electron chi connectivity index (χ0n) is 11.9. The second-order valence-electron chi connectivity index (χ2n) is 5.66. The number of anilines is 1. The Morgan fingerprint density at radius 3 is 2.90 bits per heavy atom. The third-order valence-corrected chi connectivity index (χ3v) is 5.64. The zero-order valence-corrected chi connectivity index (χ0v) is 12.7. The number of amides is 1. The molecular weight excluding hydrogens is 294 g/mol. The first kappa shape index (κ1) is 14.5. The summed E-state index contributed by atoms with van der Waals surface area (Å²) >= 11 is 0. The number of ether oxygens (including phenoxy) is 1. The number of rotatable bonds is 3. The molecule has 21 heavy (non-hydrogen) atoms. The van der Waals surface area contributed by atoms with Gasteiger partial charge in [-0.1, -0.05) is 0 Å². The number of carbonyl (C=O) groups excluding carboxylic acids is 1. The number of nitrogens with one attached hydrogen (secondary N) is 1. The first-order valence-corrected chi connectivity index (χ1v) is 8.96. The smallest absolute Gasteiger partial charge is 0.254 e. The predicted molar refractivity (Wildman–Crippen MR) is 76.9 cm³/mol. The van der Waals surface area contributed by atoms with E-state index < -0.39 is 15.9 Å². The Labute approximate surface area is 123 Å². The Morgan fingerprint density at radius 2 is 2.29 bits per heavy atom. The van der Waals surface area contributed by atoms with Crippen molar-refractivity contribution < 1.29 is 17.9 Å². The molecule has 0 aromatic carbocycles. The first-order valence-electron chi connectivity index (χ1n) is 7.14. The Morgan fingerprint density at radius 1 is 1.48 bits per heavy atom. The fraction of sp³-hybridized carbons (Fsp3) is 0.692. The van der Waals surface area contributed by atoms with Gasteiger partial charge in [0, 0.05) is 12.7 Å². The Balaban J connectivity index is 1.78. The van der Waals surface area contributed by atoms with Crippen LogP contribution in [0.5, 0.6) is 0 Å². The van der Waals surface area contributed by atoms with Gasteiger partial charge in [-0.3, -0.25) is 4.79 Å². The van der Waals surface area contributed by atoms with Gasteiger partial charge in [-0.05, 0) is 26.2 Å². The highest BCUT2D eigenvalue weighted by atomic mass is 32.2. The molecule has 1 N–H and O–H groups in total. The zero-order chi connectivity index (χ0) is 15.0. The Bertz CT molecular complexity index is 646. The summed E-state index contributed by atoms with van der Waals surface area (Å²) in [7, 11) is -2.99. The van der Waals surface area contributed by atoms with Crippen LogP contribution in [0.15, 0.2) is 6.07 Å². The number of aryl methyl sites for hydroxylation is 1. The molecule has 0 unspecified atom stereocenters. The van der Waals surface area contributed by atoms with Crippen LogP contribution >= 0.6 is 0 Å². The van der Waals surface area contributed by atoms with Crippen LogP contribution in [0.25, 0.3) is 0 Å². The molecule has 0 saturated carbocycles. The van der Waals surface area contributed by atoms with Crippen molar-refractivity contribution in [3.63, 3.8) is 0 Å². The molecule has 7 nitrogen and oxygen atoms in total. The fourth-order valence-corrected chi connectivity index (χ4v) is 4.54. The van der Waals surface area contributed by atoms with E-state index in [9.17, 15) is 13.2 Å². The summed E-state index contributed by atoms with van der Waals surface area (Å²) in [6.45, 7) is 2.43. The molecule has 1 aromatic rings. The van der Waals surface area contributed by atoms with Crippen LogP contribution in [-0.4, -0.2) is 48.3 Å². The standard InChI is InChI=1S/C13H19N3O4S/c1-9-7-12(14-13(17)11-3-2-5-20-11)16(15-9)10-4-6-21(18,19)8-10/h7,10-11H,2-6,8H2,1H3,(H,14,17)/t10-,11-/m0/s1. The van der Waals surface area contributed by atoms with Crippen LogP contribution in [0.4, 0.5) is 5.82 Å². The van der Waals surface area contributed by atoms with Crippen LogP contribution in [0.2, 0.25) is 0 Å². The minimum atomic E-state index is -2.99. The van der Waals surface area contributed by atoms with Crippen molar-refractivity contribution in [2.75, 3.05) is 23.4 Å². The van der Waals surface area contributed by atoms with Gasteiger partial charge in [-0.15, -0.1) is 0 Å². The van der Waals surface area contributed by atoms with Crippen LogP contribution in [0.3, 0.4) is 0 Å². The van der Waals surface area contributed by atoms with Crippen molar-refractivity contribution in [2.24, 2.45) is 0 Å². The number of carbonyl (C=O) groups is 1. The normalized spacial score (nSPS) is 27.9. The van der Waals surface area contributed by atoms with Crippen molar-refractivity contribution in [1.82, 2.24) is 9.78 Å². The molecule has 2 atom stereocenters. The molecule has 8 heteroatoms. The van der Waals surface area contributed by atoms with Crippen LogP contribution in [0.1, 0.15) is 31.0 Å². The largest absolute Gasteiger partial charge is 0.368 e. The Hall–Kier alpha value is -1.41. The van der Waals surface area contributed by atoms with Gasteiger partial charge >= 0.3 is 0 Å². The molecular formula is C13H19N3O4S. The summed E-state index contributed by atoms with van der Waals surface area (Å²) in [5.41, 5.74) is 0.752. The molecule has 2 aliphatic heterocycles. The second kappa shape index (κ2) is 5.42. The average molecular weight is 313 g/mol. The van der Waals surface area contributed by atoms with E-state index >= 15 is 0 Å². The molecule has 1 amide bonds. The van der Waals surface area contributed by atoms with Crippen molar-refractivity contribution in [3.8, 4) is 0 Å². The Kier molecular flexibility index (Phi) is 3.75. The molecule has 0 bridgehead atoms. The van der Waals surface area contributed by atoms with E-state index in [1.807, 2.05) is 6.92 Å².